The summed E-state index contributed by atoms with van der Waals surface area (Å²) in [5.41, 5.74) is 0.313. The number of nitrogens with one attached hydrogen (secondary N) is 1. The number of aromatic carboxylic acids is 1. The molecule has 2 rings (SSSR count). The van der Waals surface area contributed by atoms with E-state index in [0.29, 0.717) is 18.7 Å². The number of nitrogens with zero attached hydrogens (tertiary/aromatic N) is 1. The Kier molecular flexibility index (Phi) is 3.34. The molecule has 1 aliphatic heterocycles. The van der Waals surface area contributed by atoms with Gasteiger partial charge in [-0.25, -0.2) is 9.78 Å². The normalized spacial score (nSPS) is 18.9. The third kappa shape index (κ3) is 2.79. The molecule has 0 aliphatic carbocycles. The zero-order valence-electron chi connectivity index (χ0n) is 9.05. The molecule has 2 N–H and O–H groups in total. The van der Waals surface area contributed by atoms with Crippen LogP contribution in [0.15, 0.2) is 18.3 Å². The predicted molar refractivity (Wildman–Crippen MR) is 58.8 cm³/mol. The summed E-state index contributed by atoms with van der Waals surface area (Å²) in [6.45, 7) is 0.592. The SMILES string of the molecule is O=C(O)c1cc(NC(=O)[C@H]2CCCO2)ccn1. The highest BCUT2D eigenvalue weighted by Crippen LogP contribution is 2.15. The van der Waals surface area contributed by atoms with Gasteiger partial charge in [0.15, 0.2) is 0 Å². The second-order valence-electron chi connectivity index (χ2n) is 3.73. The average molecular weight is 236 g/mol. The lowest BCUT2D eigenvalue weighted by Gasteiger charge is -2.10. The van der Waals surface area contributed by atoms with Gasteiger partial charge in [-0.3, -0.25) is 4.79 Å². The van der Waals surface area contributed by atoms with Crippen LogP contribution in [0.4, 0.5) is 5.69 Å². The van der Waals surface area contributed by atoms with Gasteiger partial charge in [0.2, 0.25) is 0 Å². The Hall–Kier alpha value is -1.95. The van der Waals surface area contributed by atoms with Gasteiger partial charge in [-0.1, -0.05) is 0 Å². The van der Waals surface area contributed by atoms with Crippen LogP contribution < -0.4 is 5.32 Å². The fraction of sp³-hybridized carbons (Fsp3) is 0.364. The largest absolute Gasteiger partial charge is 0.477 e. The van der Waals surface area contributed by atoms with Gasteiger partial charge < -0.3 is 15.2 Å². The lowest BCUT2D eigenvalue weighted by molar-refractivity contribution is -0.124. The molecule has 0 radical (unpaired) electrons. The van der Waals surface area contributed by atoms with Crippen LogP contribution in [-0.4, -0.2) is 34.7 Å². The minimum atomic E-state index is -1.13. The number of aromatic nitrogens is 1. The van der Waals surface area contributed by atoms with Gasteiger partial charge >= 0.3 is 5.97 Å². The third-order valence-electron chi connectivity index (χ3n) is 2.47. The lowest BCUT2D eigenvalue weighted by atomic mass is 10.2. The van der Waals surface area contributed by atoms with Gasteiger partial charge in [-0.2, -0.15) is 0 Å². The van der Waals surface area contributed by atoms with Crippen molar-refractivity contribution in [1.29, 1.82) is 0 Å². The molecule has 0 aromatic carbocycles. The molecule has 0 saturated carbocycles. The fourth-order valence-corrected chi connectivity index (χ4v) is 1.63. The first-order chi connectivity index (χ1) is 8.16. The number of carbonyl (C=O) groups is 2. The number of carboxylic acids is 1. The Morgan fingerprint density at radius 1 is 1.53 bits per heavy atom. The van der Waals surface area contributed by atoms with Gasteiger partial charge in [-0.05, 0) is 25.0 Å². The number of pyridine rings is 1. The molecule has 1 fully saturated rings. The van der Waals surface area contributed by atoms with Gasteiger partial charge in [-0.15, -0.1) is 0 Å². The lowest BCUT2D eigenvalue weighted by Crippen LogP contribution is -2.26. The van der Waals surface area contributed by atoms with Crippen molar-refractivity contribution in [2.24, 2.45) is 0 Å². The molecule has 6 heteroatoms. The van der Waals surface area contributed by atoms with Crippen molar-refractivity contribution in [3.05, 3.63) is 24.0 Å². The number of hydrogen-bond acceptors (Lipinski definition) is 4. The van der Waals surface area contributed by atoms with Gasteiger partial charge in [0.05, 0.1) is 0 Å². The van der Waals surface area contributed by atoms with E-state index >= 15 is 0 Å². The number of ether oxygens (including phenoxy) is 1. The van der Waals surface area contributed by atoms with E-state index in [1.54, 1.807) is 6.07 Å². The molecular formula is C11H12N2O4. The predicted octanol–water partition coefficient (Wildman–Crippen LogP) is 0.897. The molecule has 1 aliphatic rings. The number of rotatable bonds is 3. The highest BCUT2D eigenvalue weighted by atomic mass is 16.5. The van der Waals surface area contributed by atoms with Crippen LogP contribution in [0, 0.1) is 0 Å². The summed E-state index contributed by atoms with van der Waals surface area (Å²) >= 11 is 0. The molecular weight excluding hydrogens is 224 g/mol. The Labute approximate surface area is 97.6 Å². The third-order valence-corrected chi connectivity index (χ3v) is 2.47. The highest BCUT2D eigenvalue weighted by molar-refractivity contribution is 5.95. The smallest absolute Gasteiger partial charge is 0.354 e. The Morgan fingerprint density at radius 2 is 2.35 bits per heavy atom. The van der Waals surface area contributed by atoms with E-state index in [0.717, 1.165) is 6.42 Å². The van der Waals surface area contributed by atoms with Crippen LogP contribution in [0.25, 0.3) is 0 Å². The van der Waals surface area contributed by atoms with Crippen molar-refractivity contribution in [2.45, 2.75) is 18.9 Å². The van der Waals surface area contributed by atoms with Gasteiger partial charge in [0, 0.05) is 18.5 Å². The molecule has 1 saturated heterocycles. The fourth-order valence-electron chi connectivity index (χ4n) is 1.63. The van der Waals surface area contributed by atoms with Crippen molar-refractivity contribution >= 4 is 17.6 Å². The molecule has 2 heterocycles. The van der Waals surface area contributed by atoms with Crippen LogP contribution in [0.2, 0.25) is 0 Å². The quantitative estimate of drug-likeness (QED) is 0.813. The maximum Gasteiger partial charge on any atom is 0.354 e. The maximum atomic E-state index is 11.7. The summed E-state index contributed by atoms with van der Waals surface area (Å²) in [6.07, 6.45) is 2.47. The summed E-state index contributed by atoms with van der Waals surface area (Å²) in [4.78, 5) is 26.0. The zero-order valence-corrected chi connectivity index (χ0v) is 9.05. The van der Waals surface area contributed by atoms with Crippen molar-refractivity contribution in [1.82, 2.24) is 4.98 Å². The molecule has 1 amide bonds. The summed E-state index contributed by atoms with van der Waals surface area (Å²) in [6, 6.07) is 2.86. The van der Waals surface area contributed by atoms with Crippen molar-refractivity contribution < 1.29 is 19.4 Å². The molecule has 1 aromatic heterocycles. The second kappa shape index (κ2) is 4.92. The minimum absolute atomic E-state index is 0.102. The number of carbonyl (C=O) groups excluding carboxylic acids is 1. The summed E-state index contributed by atoms with van der Waals surface area (Å²) in [7, 11) is 0. The molecule has 0 spiro atoms. The summed E-state index contributed by atoms with van der Waals surface area (Å²) in [5.74, 6) is -1.37. The molecule has 90 valence electrons. The van der Waals surface area contributed by atoms with E-state index in [4.69, 9.17) is 9.84 Å². The van der Waals surface area contributed by atoms with Crippen LogP contribution >= 0.6 is 0 Å². The topological polar surface area (TPSA) is 88.5 Å². The monoisotopic (exact) mass is 236 g/mol. The Balaban J connectivity index is 2.05. The molecule has 6 nitrogen and oxygen atoms in total. The van der Waals surface area contributed by atoms with Crippen LogP contribution in [0.3, 0.4) is 0 Å². The number of hydrogen-bond donors (Lipinski definition) is 2. The highest BCUT2D eigenvalue weighted by Gasteiger charge is 2.23. The number of amides is 1. The molecule has 17 heavy (non-hydrogen) atoms. The van der Waals surface area contributed by atoms with Crippen molar-refractivity contribution in [3.63, 3.8) is 0 Å². The minimum Gasteiger partial charge on any atom is -0.477 e. The van der Waals surface area contributed by atoms with Crippen LogP contribution in [0.5, 0.6) is 0 Å². The first-order valence-electron chi connectivity index (χ1n) is 5.28. The van der Waals surface area contributed by atoms with Crippen LogP contribution in [-0.2, 0) is 9.53 Å². The standard InChI is InChI=1S/C11H12N2O4/c14-10(9-2-1-5-17-9)13-7-3-4-12-8(6-7)11(15)16/h3-4,6,9H,1-2,5H2,(H,15,16)(H,12,13,14)/t9-/m1/s1. The first-order valence-corrected chi connectivity index (χ1v) is 5.28. The average Bonchev–Trinajstić information content (AvgIpc) is 2.82. The first kappa shape index (κ1) is 11.5. The van der Waals surface area contributed by atoms with Gasteiger partial charge in [0.1, 0.15) is 11.8 Å². The summed E-state index contributed by atoms with van der Waals surface area (Å²) in [5, 5.41) is 11.4. The zero-order chi connectivity index (χ0) is 12.3. The molecule has 1 aromatic rings. The number of carboxylic acid groups (broad SMARTS) is 1. The van der Waals surface area contributed by atoms with E-state index < -0.39 is 12.1 Å². The van der Waals surface area contributed by atoms with E-state index in [-0.39, 0.29) is 11.6 Å². The molecule has 0 bridgehead atoms. The van der Waals surface area contributed by atoms with E-state index in [1.165, 1.54) is 12.3 Å². The van der Waals surface area contributed by atoms with Crippen molar-refractivity contribution in [3.8, 4) is 0 Å². The van der Waals surface area contributed by atoms with E-state index in [1.807, 2.05) is 0 Å². The summed E-state index contributed by atoms with van der Waals surface area (Å²) < 4.78 is 5.22. The van der Waals surface area contributed by atoms with Gasteiger partial charge in [0.25, 0.3) is 5.91 Å². The maximum absolute atomic E-state index is 11.7. The number of anilines is 1. The molecule has 1 atom stereocenters. The van der Waals surface area contributed by atoms with E-state index in [2.05, 4.69) is 10.3 Å². The Bertz CT molecular complexity index is 441. The molecule has 0 unspecified atom stereocenters. The van der Waals surface area contributed by atoms with Crippen LogP contribution in [0.1, 0.15) is 23.3 Å². The Morgan fingerprint density at radius 3 is 3.00 bits per heavy atom. The van der Waals surface area contributed by atoms with E-state index in [9.17, 15) is 9.59 Å². The second-order valence-corrected chi connectivity index (χ2v) is 3.73. The van der Waals surface area contributed by atoms with Crippen molar-refractivity contribution in [2.75, 3.05) is 11.9 Å².